The minimum atomic E-state index is -1.17. The third-order valence-corrected chi connectivity index (χ3v) is 10.2. The number of cyclic esters (lactones) is 1. The summed E-state index contributed by atoms with van der Waals surface area (Å²) in [6.45, 7) is 13.2. The number of hydrogen-bond donors (Lipinski definition) is 3. The normalized spacial score (nSPS) is 26.5. The molecule has 3 N–H and O–H groups in total. The summed E-state index contributed by atoms with van der Waals surface area (Å²) in [5.74, 6) is -1.88. The average Bonchev–Trinajstić information content (AvgIpc) is 3.89. The van der Waals surface area contributed by atoms with Crippen LogP contribution in [0.25, 0.3) is 10.4 Å². The van der Waals surface area contributed by atoms with Crippen LogP contribution in [0.2, 0.25) is 5.02 Å². The molecule has 4 rings (SSSR count). The summed E-state index contributed by atoms with van der Waals surface area (Å²) in [6.07, 6.45) is 2.27. The summed E-state index contributed by atoms with van der Waals surface area (Å²) in [5.41, 5.74) is 9.59. The van der Waals surface area contributed by atoms with E-state index in [0.29, 0.717) is 22.8 Å². The van der Waals surface area contributed by atoms with Gasteiger partial charge in [0, 0.05) is 29.7 Å². The van der Waals surface area contributed by atoms with Crippen molar-refractivity contribution in [3.63, 3.8) is 0 Å². The van der Waals surface area contributed by atoms with E-state index in [-0.39, 0.29) is 42.9 Å². The van der Waals surface area contributed by atoms with Crippen LogP contribution in [0.15, 0.2) is 59.7 Å². The molecule has 2 aromatic carbocycles. The van der Waals surface area contributed by atoms with Crippen LogP contribution in [-0.2, 0) is 41.6 Å². The number of hydrogen-bond acceptors (Lipinski definition) is 8. The van der Waals surface area contributed by atoms with Gasteiger partial charge < -0.3 is 30.2 Å². The predicted molar refractivity (Wildman–Crippen MR) is 201 cm³/mol. The smallest absolute Gasteiger partial charge is 0.328 e. The van der Waals surface area contributed by atoms with Crippen LogP contribution < -0.4 is 20.7 Å². The Labute approximate surface area is 316 Å². The maximum absolute atomic E-state index is 14.0. The number of carbonyl (C=O) groups excluding carboxylic acids is 4. The summed E-state index contributed by atoms with van der Waals surface area (Å²) < 4.78 is 17.5. The number of methoxy groups -OCH3 is 1. The van der Waals surface area contributed by atoms with Crippen molar-refractivity contribution in [1.82, 2.24) is 16.0 Å². The van der Waals surface area contributed by atoms with Gasteiger partial charge in [-0.25, -0.2) is 4.79 Å². The number of halogens is 1. The molecular weight excluding hydrogens is 700 g/mol. The second kappa shape index (κ2) is 17.5. The third-order valence-electron chi connectivity index (χ3n) is 9.88. The Morgan fingerprint density at radius 2 is 1.72 bits per heavy atom. The Hall–Kier alpha value is -4.58. The number of esters is 1. The van der Waals surface area contributed by atoms with Gasteiger partial charge in [0.15, 0.2) is 0 Å². The lowest BCUT2D eigenvalue weighted by Crippen LogP contribution is -2.58. The molecule has 0 bridgehead atoms. The van der Waals surface area contributed by atoms with Crippen LogP contribution in [0.1, 0.15) is 84.1 Å². The van der Waals surface area contributed by atoms with Crippen LogP contribution in [0.3, 0.4) is 0 Å². The Morgan fingerprint density at radius 1 is 1.04 bits per heavy atom. The van der Waals surface area contributed by atoms with E-state index in [2.05, 4.69) is 26.0 Å². The average molecular weight is 751 g/mol. The molecular formula is C39H51ClN6O7. The number of carbonyl (C=O) groups is 4. The van der Waals surface area contributed by atoms with Crippen LogP contribution in [-0.4, -0.2) is 61.1 Å². The number of rotatable bonds is 9. The van der Waals surface area contributed by atoms with Gasteiger partial charge in [-0.2, -0.15) is 0 Å². The number of nitrogens with zero attached hydrogens (tertiary/aromatic N) is 3. The molecule has 2 aliphatic rings. The van der Waals surface area contributed by atoms with E-state index in [0.717, 1.165) is 11.1 Å². The predicted octanol–water partition coefficient (Wildman–Crippen LogP) is 6.29. The molecule has 0 aromatic heterocycles. The van der Waals surface area contributed by atoms with Gasteiger partial charge in [-0.1, -0.05) is 80.8 Å². The lowest BCUT2D eigenvalue weighted by molar-refractivity contribution is -0.157. The van der Waals surface area contributed by atoms with Crippen molar-refractivity contribution < 1.29 is 33.4 Å². The Bertz CT molecular complexity index is 1730. The first-order valence-corrected chi connectivity index (χ1v) is 18.2. The molecule has 7 atom stereocenters. The highest BCUT2D eigenvalue weighted by molar-refractivity contribution is 6.32. The fourth-order valence-corrected chi connectivity index (χ4v) is 6.46. The number of azide groups is 1. The zero-order valence-electron chi connectivity index (χ0n) is 31.6. The fourth-order valence-electron chi connectivity index (χ4n) is 6.18. The van der Waals surface area contributed by atoms with Crippen molar-refractivity contribution in [2.75, 3.05) is 7.11 Å². The highest BCUT2D eigenvalue weighted by Gasteiger charge is 2.48. The highest BCUT2D eigenvalue weighted by Crippen LogP contribution is 2.45. The van der Waals surface area contributed by atoms with Crippen LogP contribution >= 0.6 is 11.6 Å². The van der Waals surface area contributed by atoms with Crippen molar-refractivity contribution in [1.29, 1.82) is 0 Å². The second-order valence-electron chi connectivity index (χ2n) is 15.6. The first-order chi connectivity index (χ1) is 24.9. The monoisotopic (exact) mass is 750 g/mol. The van der Waals surface area contributed by atoms with Crippen LogP contribution in [0.5, 0.6) is 5.75 Å². The summed E-state index contributed by atoms with van der Waals surface area (Å²) in [5, 5.41) is 12.6. The molecule has 53 heavy (non-hydrogen) atoms. The highest BCUT2D eigenvalue weighted by atomic mass is 35.5. The van der Waals surface area contributed by atoms with Crippen molar-refractivity contribution in [3.8, 4) is 5.75 Å². The molecule has 0 radical (unpaired) electrons. The van der Waals surface area contributed by atoms with Gasteiger partial charge in [0.1, 0.15) is 30.0 Å². The van der Waals surface area contributed by atoms with Gasteiger partial charge in [0.25, 0.3) is 0 Å². The molecule has 0 spiro atoms. The third kappa shape index (κ3) is 11.2. The van der Waals surface area contributed by atoms with E-state index in [1.807, 2.05) is 52.0 Å². The van der Waals surface area contributed by atoms with Gasteiger partial charge in [-0.3, -0.25) is 14.4 Å². The standard InChI is InChI=1S/C39H51ClN6O7/c1-22(33-34(53-33)26-15-12-24(13-16-26)21-42-46-41)30-10-9-11-32(47)44-28(19-25-14-17-31(51-8)27(40)18-25)35(48)43-23(2)39(6,7)37(50)45-29(36(49)52-30)20-38(3,4)5/h9,11-18,22-23,28-30,33-34H,10,19-21H2,1-8H3,(H,43,48)(H,44,47)(H,45,50)/b11-9+/t22-,23-,28+,29-,30-,33+,34+/m0/s1. The van der Waals surface area contributed by atoms with E-state index in [9.17, 15) is 19.2 Å². The lowest BCUT2D eigenvalue weighted by atomic mass is 9.82. The van der Waals surface area contributed by atoms with Crippen molar-refractivity contribution in [2.24, 2.45) is 21.9 Å². The zero-order chi connectivity index (χ0) is 39.1. The maximum atomic E-state index is 14.0. The van der Waals surface area contributed by atoms with Gasteiger partial charge in [0.2, 0.25) is 17.7 Å². The SMILES string of the molecule is COc1ccc(C[C@H]2NC(=O)/C=C/C[C@@H]([C@H](C)[C@H]3O[C@@H]3c3ccc(CN=[N+]=[N-])cc3)OC(=O)[C@H](CC(C)(C)C)NC(=O)C(C)(C)[C@H](C)NC2=O)cc1Cl. The van der Waals surface area contributed by atoms with Gasteiger partial charge in [-0.05, 0) is 73.0 Å². The molecule has 3 amide bonds. The zero-order valence-corrected chi connectivity index (χ0v) is 32.4. The molecule has 1 saturated heterocycles. The number of benzene rings is 2. The fraction of sp³-hybridized carbons (Fsp3) is 0.538. The number of epoxide rings is 1. The molecule has 2 aromatic rings. The van der Waals surface area contributed by atoms with E-state index in [1.54, 1.807) is 45.0 Å². The summed E-state index contributed by atoms with van der Waals surface area (Å²) in [4.78, 5) is 57.8. The van der Waals surface area contributed by atoms with Gasteiger partial charge >= 0.3 is 5.97 Å². The quantitative estimate of drug-likeness (QED) is 0.0885. The van der Waals surface area contributed by atoms with Crippen molar-refractivity contribution >= 4 is 35.3 Å². The largest absolute Gasteiger partial charge is 0.495 e. The van der Waals surface area contributed by atoms with E-state index in [4.69, 9.17) is 31.3 Å². The Kier molecular flexibility index (Phi) is 13.6. The van der Waals surface area contributed by atoms with Crippen LogP contribution in [0.4, 0.5) is 0 Å². The van der Waals surface area contributed by atoms with Gasteiger partial charge in [0.05, 0.1) is 30.2 Å². The topological polar surface area (TPSA) is 184 Å². The molecule has 0 unspecified atom stereocenters. The summed E-state index contributed by atoms with van der Waals surface area (Å²) in [6, 6.07) is 10.0. The van der Waals surface area contributed by atoms with Crippen molar-refractivity contribution in [3.05, 3.63) is 86.8 Å². The molecule has 1 fully saturated rings. The second-order valence-corrected chi connectivity index (χ2v) is 16.0. The van der Waals surface area contributed by atoms with E-state index in [1.165, 1.54) is 13.2 Å². The molecule has 13 nitrogen and oxygen atoms in total. The Morgan fingerprint density at radius 3 is 2.34 bits per heavy atom. The Balaban J connectivity index is 1.64. The van der Waals surface area contributed by atoms with Crippen LogP contribution in [0, 0.1) is 16.7 Å². The number of nitrogens with one attached hydrogen (secondary N) is 3. The number of amides is 3. The molecule has 0 saturated carbocycles. The first kappa shape index (κ1) is 41.2. The van der Waals surface area contributed by atoms with E-state index >= 15 is 0 Å². The molecule has 14 heteroatoms. The lowest BCUT2D eigenvalue weighted by Gasteiger charge is -2.35. The maximum Gasteiger partial charge on any atom is 0.328 e. The summed E-state index contributed by atoms with van der Waals surface area (Å²) in [7, 11) is 1.50. The summed E-state index contributed by atoms with van der Waals surface area (Å²) >= 11 is 6.36. The minimum Gasteiger partial charge on any atom is -0.495 e. The molecule has 286 valence electrons. The minimum absolute atomic E-state index is 0.117. The molecule has 0 aliphatic carbocycles. The van der Waals surface area contributed by atoms with Gasteiger partial charge in [-0.15, -0.1) is 0 Å². The molecule has 2 heterocycles. The van der Waals surface area contributed by atoms with Crippen molar-refractivity contribution in [2.45, 2.75) is 111 Å². The first-order valence-electron chi connectivity index (χ1n) is 17.8. The number of ether oxygens (including phenoxy) is 3. The van der Waals surface area contributed by atoms with E-state index < -0.39 is 53.3 Å². The molecule has 2 aliphatic heterocycles.